The molecule has 0 saturated heterocycles. The van der Waals surface area contributed by atoms with Crippen molar-refractivity contribution >= 4 is 23.2 Å². The standard InChI is InChI=1S/C14H11ClF2N2O/c1-8-14(15)12(5-6-18-8)19-13(20)7-9-10(16)3-2-4-11(9)17/h2-6H,7H2,1H3,(H,18,19,20). The summed E-state index contributed by atoms with van der Waals surface area (Å²) in [4.78, 5) is 15.8. The average molecular weight is 297 g/mol. The Morgan fingerprint density at radius 3 is 2.60 bits per heavy atom. The zero-order valence-corrected chi connectivity index (χ0v) is 11.3. The fraction of sp³-hybridized carbons (Fsp3) is 0.143. The predicted octanol–water partition coefficient (Wildman–Crippen LogP) is 3.50. The number of carbonyl (C=O) groups excluding carboxylic acids is 1. The van der Waals surface area contributed by atoms with Crippen LogP contribution < -0.4 is 5.32 Å². The van der Waals surface area contributed by atoms with Crippen molar-refractivity contribution in [3.63, 3.8) is 0 Å². The molecule has 0 spiro atoms. The van der Waals surface area contributed by atoms with Crippen LogP contribution in [0.5, 0.6) is 0 Å². The zero-order valence-electron chi connectivity index (χ0n) is 10.6. The van der Waals surface area contributed by atoms with Crippen molar-refractivity contribution in [3.8, 4) is 0 Å². The highest BCUT2D eigenvalue weighted by Gasteiger charge is 2.14. The van der Waals surface area contributed by atoms with Crippen molar-refractivity contribution in [1.29, 1.82) is 0 Å². The summed E-state index contributed by atoms with van der Waals surface area (Å²) < 4.78 is 26.9. The molecule has 0 aliphatic carbocycles. The molecule has 0 aliphatic rings. The van der Waals surface area contributed by atoms with Gasteiger partial charge in [-0.2, -0.15) is 0 Å². The van der Waals surface area contributed by atoms with E-state index < -0.39 is 24.0 Å². The fourth-order valence-electron chi connectivity index (χ4n) is 1.70. The van der Waals surface area contributed by atoms with Crippen LogP contribution in [0.25, 0.3) is 0 Å². The van der Waals surface area contributed by atoms with Crippen LogP contribution in [0.4, 0.5) is 14.5 Å². The summed E-state index contributed by atoms with van der Waals surface area (Å²) in [6, 6.07) is 4.98. The van der Waals surface area contributed by atoms with Gasteiger partial charge in [0.2, 0.25) is 5.91 Å². The molecule has 20 heavy (non-hydrogen) atoms. The molecule has 1 N–H and O–H groups in total. The second-order valence-electron chi connectivity index (χ2n) is 4.18. The van der Waals surface area contributed by atoms with E-state index in [4.69, 9.17) is 11.6 Å². The quantitative estimate of drug-likeness (QED) is 0.942. The lowest BCUT2D eigenvalue weighted by Crippen LogP contribution is -2.16. The SMILES string of the molecule is Cc1nccc(NC(=O)Cc2c(F)cccc2F)c1Cl. The number of pyridine rings is 1. The molecule has 0 atom stereocenters. The molecule has 3 nitrogen and oxygen atoms in total. The molecule has 1 heterocycles. The third kappa shape index (κ3) is 3.11. The van der Waals surface area contributed by atoms with E-state index in [9.17, 15) is 13.6 Å². The fourth-order valence-corrected chi connectivity index (χ4v) is 1.86. The number of aryl methyl sites for hydroxylation is 1. The molecule has 0 bridgehead atoms. The van der Waals surface area contributed by atoms with Crippen LogP contribution >= 0.6 is 11.6 Å². The van der Waals surface area contributed by atoms with Crippen LogP contribution in [0.3, 0.4) is 0 Å². The van der Waals surface area contributed by atoms with Gasteiger partial charge in [-0.1, -0.05) is 17.7 Å². The lowest BCUT2D eigenvalue weighted by molar-refractivity contribution is -0.115. The Kier molecular flexibility index (Phi) is 4.29. The third-order valence-electron chi connectivity index (χ3n) is 2.74. The van der Waals surface area contributed by atoms with Crippen LogP contribution in [0.15, 0.2) is 30.5 Å². The molecule has 0 aliphatic heterocycles. The maximum absolute atomic E-state index is 13.4. The first-order valence-corrected chi connectivity index (χ1v) is 6.20. The minimum Gasteiger partial charge on any atom is -0.324 e. The lowest BCUT2D eigenvalue weighted by atomic mass is 10.1. The minimum absolute atomic E-state index is 0.271. The highest BCUT2D eigenvalue weighted by atomic mass is 35.5. The molecule has 2 aromatic rings. The molecular weight excluding hydrogens is 286 g/mol. The smallest absolute Gasteiger partial charge is 0.229 e. The number of nitrogens with one attached hydrogen (secondary N) is 1. The van der Waals surface area contributed by atoms with Gasteiger partial charge in [-0.25, -0.2) is 8.78 Å². The van der Waals surface area contributed by atoms with Gasteiger partial charge >= 0.3 is 0 Å². The summed E-state index contributed by atoms with van der Waals surface area (Å²) in [6.07, 6.45) is 1.08. The van der Waals surface area contributed by atoms with Crippen LogP contribution in [0.1, 0.15) is 11.3 Å². The van der Waals surface area contributed by atoms with E-state index in [1.165, 1.54) is 18.3 Å². The lowest BCUT2D eigenvalue weighted by Gasteiger charge is -2.09. The van der Waals surface area contributed by atoms with E-state index in [0.717, 1.165) is 12.1 Å². The van der Waals surface area contributed by atoms with Gasteiger partial charge in [-0.3, -0.25) is 9.78 Å². The largest absolute Gasteiger partial charge is 0.324 e. The van der Waals surface area contributed by atoms with Gasteiger partial charge in [0.05, 0.1) is 22.8 Å². The number of aromatic nitrogens is 1. The van der Waals surface area contributed by atoms with Crippen molar-refractivity contribution in [2.75, 3.05) is 5.32 Å². The van der Waals surface area contributed by atoms with Crippen molar-refractivity contribution in [2.24, 2.45) is 0 Å². The van der Waals surface area contributed by atoms with Crippen molar-refractivity contribution in [2.45, 2.75) is 13.3 Å². The monoisotopic (exact) mass is 296 g/mol. The normalized spacial score (nSPS) is 10.4. The highest BCUT2D eigenvalue weighted by molar-refractivity contribution is 6.34. The topological polar surface area (TPSA) is 42.0 Å². The van der Waals surface area contributed by atoms with Crippen LogP contribution in [-0.4, -0.2) is 10.9 Å². The Hall–Kier alpha value is -2.01. The number of rotatable bonds is 3. The van der Waals surface area contributed by atoms with Gasteiger partial charge in [0.25, 0.3) is 0 Å². The van der Waals surface area contributed by atoms with E-state index >= 15 is 0 Å². The van der Waals surface area contributed by atoms with Gasteiger partial charge in [0.15, 0.2) is 0 Å². The summed E-state index contributed by atoms with van der Waals surface area (Å²) in [6.45, 7) is 1.69. The molecule has 104 valence electrons. The van der Waals surface area contributed by atoms with Gasteiger partial charge in [0.1, 0.15) is 11.6 Å². The Bertz CT molecular complexity index is 641. The Morgan fingerprint density at radius 2 is 1.95 bits per heavy atom. The molecule has 0 unspecified atom stereocenters. The molecule has 0 saturated carbocycles. The van der Waals surface area contributed by atoms with Crippen LogP contribution in [-0.2, 0) is 11.2 Å². The van der Waals surface area contributed by atoms with E-state index in [2.05, 4.69) is 10.3 Å². The number of benzene rings is 1. The van der Waals surface area contributed by atoms with Crippen molar-refractivity contribution < 1.29 is 13.6 Å². The second-order valence-corrected chi connectivity index (χ2v) is 4.56. The Balaban J connectivity index is 2.16. The molecule has 2 rings (SSSR count). The van der Waals surface area contributed by atoms with Gasteiger partial charge in [-0.05, 0) is 25.1 Å². The maximum atomic E-state index is 13.4. The maximum Gasteiger partial charge on any atom is 0.229 e. The summed E-state index contributed by atoms with van der Waals surface area (Å²) in [5.74, 6) is -2.06. The number of amides is 1. The Labute approximate surface area is 119 Å². The second kappa shape index (κ2) is 5.96. The van der Waals surface area contributed by atoms with E-state index in [0.29, 0.717) is 16.4 Å². The number of carbonyl (C=O) groups is 1. The number of anilines is 1. The first-order valence-electron chi connectivity index (χ1n) is 5.83. The molecule has 1 aromatic carbocycles. The number of nitrogens with zero attached hydrogens (tertiary/aromatic N) is 1. The minimum atomic E-state index is -0.753. The van der Waals surface area contributed by atoms with Gasteiger partial charge < -0.3 is 5.32 Å². The Morgan fingerprint density at radius 1 is 1.30 bits per heavy atom. The summed E-state index contributed by atoms with van der Waals surface area (Å²) >= 11 is 5.98. The number of hydrogen-bond donors (Lipinski definition) is 1. The molecule has 0 fully saturated rings. The molecule has 0 radical (unpaired) electrons. The molecular formula is C14H11ClF2N2O. The summed E-state index contributed by atoms with van der Waals surface area (Å²) in [7, 11) is 0. The van der Waals surface area contributed by atoms with Crippen LogP contribution in [0, 0.1) is 18.6 Å². The molecule has 1 aromatic heterocycles. The van der Waals surface area contributed by atoms with E-state index in [1.807, 2.05) is 0 Å². The van der Waals surface area contributed by atoms with Gasteiger partial charge in [0, 0.05) is 11.8 Å². The van der Waals surface area contributed by atoms with Crippen molar-refractivity contribution in [1.82, 2.24) is 4.98 Å². The van der Waals surface area contributed by atoms with Crippen molar-refractivity contribution in [3.05, 3.63) is 58.4 Å². The third-order valence-corrected chi connectivity index (χ3v) is 3.21. The predicted molar refractivity (Wildman–Crippen MR) is 72.7 cm³/mol. The molecule has 6 heteroatoms. The summed E-state index contributed by atoms with van der Waals surface area (Å²) in [5.41, 5.74) is 0.648. The first kappa shape index (κ1) is 14.4. The van der Waals surface area contributed by atoms with E-state index in [1.54, 1.807) is 6.92 Å². The number of halogens is 3. The van der Waals surface area contributed by atoms with E-state index in [-0.39, 0.29) is 5.56 Å². The number of hydrogen-bond acceptors (Lipinski definition) is 2. The molecule has 1 amide bonds. The first-order chi connectivity index (χ1) is 9.49. The summed E-state index contributed by atoms with van der Waals surface area (Å²) in [5, 5.41) is 2.81. The average Bonchev–Trinajstić information content (AvgIpc) is 2.39. The van der Waals surface area contributed by atoms with Crippen LogP contribution in [0.2, 0.25) is 5.02 Å². The van der Waals surface area contributed by atoms with Gasteiger partial charge in [-0.15, -0.1) is 0 Å². The zero-order chi connectivity index (χ0) is 14.7. The highest BCUT2D eigenvalue weighted by Crippen LogP contribution is 2.23.